The average Bonchev–Trinajstić information content (AvgIpc) is 2.91. The minimum Gasteiger partial charge on any atom is -0.483 e. The number of hydrogen-bond acceptors (Lipinski definition) is 5. The van der Waals surface area contributed by atoms with Crippen LogP contribution in [0, 0.1) is 5.92 Å². The molecule has 34 heavy (non-hydrogen) atoms. The van der Waals surface area contributed by atoms with Crippen LogP contribution in [0.2, 0.25) is 0 Å². The van der Waals surface area contributed by atoms with Crippen LogP contribution in [0.5, 0.6) is 5.75 Å². The summed E-state index contributed by atoms with van der Waals surface area (Å²) in [4.78, 5) is 42.1. The molecule has 3 unspecified atom stereocenters. The Hall–Kier alpha value is -3.09. The van der Waals surface area contributed by atoms with Crippen molar-refractivity contribution in [2.45, 2.75) is 77.1 Å². The van der Waals surface area contributed by atoms with Crippen LogP contribution in [-0.4, -0.2) is 40.0 Å². The molecular formula is C27H32N2O5. The number of amides is 1. The summed E-state index contributed by atoms with van der Waals surface area (Å²) in [6.07, 6.45) is 9.18. The fourth-order valence-corrected chi connectivity index (χ4v) is 5.95. The highest BCUT2D eigenvalue weighted by atomic mass is 16.5. The zero-order chi connectivity index (χ0) is 23.7. The molecule has 0 saturated carbocycles. The number of hydrogen-bond donors (Lipinski definition) is 0. The van der Waals surface area contributed by atoms with Gasteiger partial charge < -0.3 is 18.9 Å². The van der Waals surface area contributed by atoms with E-state index in [0.29, 0.717) is 12.5 Å². The Kier molecular flexibility index (Phi) is 6.44. The number of nitrogens with zero attached hydrogens (tertiary/aromatic N) is 2. The largest absolute Gasteiger partial charge is 0.483 e. The molecule has 5 rings (SSSR count). The number of esters is 1. The molecule has 3 aliphatic rings. The van der Waals surface area contributed by atoms with Gasteiger partial charge in [-0.1, -0.05) is 49.6 Å². The molecule has 1 aromatic heterocycles. The summed E-state index contributed by atoms with van der Waals surface area (Å²) in [5, 5.41) is 0. The van der Waals surface area contributed by atoms with E-state index < -0.39 is 11.4 Å². The van der Waals surface area contributed by atoms with E-state index >= 15 is 0 Å². The fourth-order valence-electron chi connectivity index (χ4n) is 5.95. The van der Waals surface area contributed by atoms with Crippen molar-refractivity contribution in [1.29, 1.82) is 0 Å². The summed E-state index contributed by atoms with van der Waals surface area (Å²) in [5.74, 6) is -0.444. The molecule has 0 radical (unpaired) electrons. The lowest BCUT2D eigenvalue weighted by atomic mass is 9.86. The Morgan fingerprint density at radius 3 is 2.56 bits per heavy atom. The molecule has 0 aliphatic carbocycles. The molecule has 1 aromatic carbocycles. The van der Waals surface area contributed by atoms with Crippen LogP contribution in [0.15, 0.2) is 41.3 Å². The van der Waals surface area contributed by atoms with Crippen LogP contribution in [0.1, 0.15) is 78.3 Å². The minimum atomic E-state index is -0.682. The number of aromatic nitrogens is 1. The first-order chi connectivity index (χ1) is 16.6. The van der Waals surface area contributed by atoms with Crippen molar-refractivity contribution in [2.75, 3.05) is 6.61 Å². The lowest BCUT2D eigenvalue weighted by Crippen LogP contribution is -2.56. The van der Waals surface area contributed by atoms with Crippen molar-refractivity contribution >= 4 is 11.9 Å². The van der Waals surface area contributed by atoms with Gasteiger partial charge in [0.1, 0.15) is 12.2 Å². The Labute approximate surface area is 199 Å². The highest BCUT2D eigenvalue weighted by Gasteiger charge is 2.45. The van der Waals surface area contributed by atoms with E-state index in [1.165, 1.54) is 12.6 Å². The molecule has 180 valence electrons. The molecule has 4 heterocycles. The second kappa shape index (κ2) is 9.65. The molecule has 7 nitrogen and oxygen atoms in total. The van der Waals surface area contributed by atoms with Gasteiger partial charge >= 0.3 is 5.97 Å². The maximum Gasteiger partial charge on any atom is 0.343 e. The zero-order valence-electron chi connectivity index (χ0n) is 19.7. The predicted molar refractivity (Wildman–Crippen MR) is 127 cm³/mol. The Balaban J connectivity index is 1.61. The molecule has 7 heteroatoms. The number of rotatable bonds is 5. The molecule has 2 bridgehead atoms. The van der Waals surface area contributed by atoms with Gasteiger partial charge in [0, 0.05) is 18.8 Å². The summed E-state index contributed by atoms with van der Waals surface area (Å²) < 4.78 is 13.0. The molecule has 2 saturated heterocycles. The van der Waals surface area contributed by atoms with Crippen molar-refractivity contribution in [3.8, 4) is 5.75 Å². The third-order valence-corrected chi connectivity index (χ3v) is 7.55. The van der Waals surface area contributed by atoms with Gasteiger partial charge in [-0.3, -0.25) is 9.59 Å². The summed E-state index contributed by atoms with van der Waals surface area (Å²) in [7, 11) is 0. The molecule has 0 N–H and O–H groups in total. The third kappa shape index (κ3) is 4.12. The molecule has 0 spiro atoms. The summed E-state index contributed by atoms with van der Waals surface area (Å²) in [6.45, 7) is 2.57. The zero-order valence-corrected chi connectivity index (χ0v) is 19.7. The van der Waals surface area contributed by atoms with Crippen LogP contribution >= 0.6 is 0 Å². The van der Waals surface area contributed by atoms with Crippen molar-refractivity contribution in [2.24, 2.45) is 5.92 Å². The average molecular weight is 465 g/mol. The van der Waals surface area contributed by atoms with E-state index in [0.717, 1.165) is 44.1 Å². The molecule has 2 aromatic rings. The fraction of sp³-hybridized carbons (Fsp3) is 0.519. The molecule has 3 atom stereocenters. The molecule has 1 amide bonds. The Morgan fingerprint density at radius 1 is 1.03 bits per heavy atom. The normalized spacial score (nSPS) is 23.9. The van der Waals surface area contributed by atoms with Gasteiger partial charge in [-0.15, -0.1) is 0 Å². The number of carbonyl (C=O) groups is 2. The summed E-state index contributed by atoms with van der Waals surface area (Å²) >= 11 is 0. The van der Waals surface area contributed by atoms with E-state index in [4.69, 9.17) is 9.47 Å². The first-order valence-electron chi connectivity index (χ1n) is 12.5. The van der Waals surface area contributed by atoms with Crippen LogP contribution in [-0.2, 0) is 17.9 Å². The van der Waals surface area contributed by atoms with E-state index in [2.05, 4.69) is 4.90 Å². The number of benzene rings is 1. The van der Waals surface area contributed by atoms with Gasteiger partial charge in [0.15, 0.2) is 11.4 Å². The Morgan fingerprint density at radius 2 is 1.76 bits per heavy atom. The maximum atomic E-state index is 14.0. The first kappa shape index (κ1) is 22.7. The maximum absolute atomic E-state index is 14.0. The standard InChI is InChI=1S/C27H32N2O5/c1-2-33-27(32)21-15-28-16-22-19-11-6-7-13-20(14-8-12-19)29(22)26(31)23(28)25(24(21)30)34-17-18-9-4-3-5-10-18/h3-5,9-10,15,19-20,22H,2,6-8,11-14,16-17H2,1H3. The van der Waals surface area contributed by atoms with Crippen LogP contribution in [0.4, 0.5) is 0 Å². The third-order valence-electron chi connectivity index (χ3n) is 7.55. The van der Waals surface area contributed by atoms with Crippen molar-refractivity contribution in [1.82, 2.24) is 9.47 Å². The van der Waals surface area contributed by atoms with Crippen molar-refractivity contribution < 1.29 is 19.1 Å². The summed E-state index contributed by atoms with van der Waals surface area (Å²) in [5.41, 5.74) is 0.480. The van der Waals surface area contributed by atoms with Crippen molar-refractivity contribution in [3.63, 3.8) is 0 Å². The van der Waals surface area contributed by atoms with E-state index in [1.807, 2.05) is 30.3 Å². The van der Waals surface area contributed by atoms with Gasteiger partial charge in [0.25, 0.3) is 5.91 Å². The van der Waals surface area contributed by atoms with Gasteiger partial charge in [-0.2, -0.15) is 0 Å². The van der Waals surface area contributed by atoms with Crippen LogP contribution < -0.4 is 10.2 Å². The van der Waals surface area contributed by atoms with Crippen molar-refractivity contribution in [3.05, 3.63) is 63.6 Å². The number of ether oxygens (including phenoxy) is 2. The second-order valence-electron chi connectivity index (χ2n) is 9.61. The quantitative estimate of drug-likeness (QED) is 0.621. The monoisotopic (exact) mass is 464 g/mol. The van der Waals surface area contributed by atoms with Crippen LogP contribution in [0.25, 0.3) is 0 Å². The van der Waals surface area contributed by atoms with Gasteiger partial charge in [0.2, 0.25) is 5.43 Å². The van der Waals surface area contributed by atoms with Gasteiger partial charge in [0.05, 0.1) is 12.6 Å². The summed E-state index contributed by atoms with van der Waals surface area (Å²) in [6, 6.07) is 9.77. The second-order valence-corrected chi connectivity index (χ2v) is 9.61. The van der Waals surface area contributed by atoms with E-state index in [9.17, 15) is 14.4 Å². The van der Waals surface area contributed by atoms with Gasteiger partial charge in [-0.05, 0) is 44.1 Å². The first-order valence-corrected chi connectivity index (χ1v) is 12.5. The topological polar surface area (TPSA) is 77.8 Å². The van der Waals surface area contributed by atoms with E-state index in [1.54, 1.807) is 11.5 Å². The minimum absolute atomic E-state index is 0.0468. The molecule has 3 aliphatic heterocycles. The highest BCUT2D eigenvalue weighted by molar-refractivity contribution is 5.98. The molecule has 2 fully saturated rings. The predicted octanol–water partition coefficient (Wildman–Crippen LogP) is 4.17. The Bertz CT molecular complexity index is 1120. The smallest absolute Gasteiger partial charge is 0.343 e. The van der Waals surface area contributed by atoms with Gasteiger partial charge in [-0.25, -0.2) is 4.79 Å². The number of fused-ring (bicyclic) bond motifs is 1. The number of pyridine rings is 1. The molecular weight excluding hydrogens is 432 g/mol. The highest BCUT2D eigenvalue weighted by Crippen LogP contribution is 2.40. The van der Waals surface area contributed by atoms with E-state index in [-0.39, 0.29) is 48.2 Å². The lowest BCUT2D eigenvalue weighted by molar-refractivity contribution is 0.0305. The van der Waals surface area contributed by atoms with Crippen LogP contribution in [0.3, 0.4) is 0 Å². The lowest BCUT2D eigenvalue weighted by Gasteiger charge is -2.45. The SMILES string of the molecule is CCOC(=O)c1cn2c(c(OCc3ccccc3)c1=O)C(=O)N1C3CCCCC(CCC3)C1C2. The number of carbonyl (C=O) groups excluding carboxylic acids is 2.